The zero-order chi connectivity index (χ0) is 18.5. The maximum atomic E-state index is 5.98. The first-order valence-corrected chi connectivity index (χ1v) is 9.03. The normalized spacial score (nSPS) is 12.0. The van der Waals surface area contributed by atoms with Crippen molar-refractivity contribution in [2.75, 3.05) is 0 Å². The molecule has 0 aliphatic carbocycles. The summed E-state index contributed by atoms with van der Waals surface area (Å²) in [5.41, 5.74) is 1.87. The van der Waals surface area contributed by atoms with Crippen molar-refractivity contribution in [3.8, 4) is 11.5 Å². The molecule has 0 fully saturated rings. The molecule has 2 aromatic carbocycles. The fourth-order valence-corrected chi connectivity index (χ4v) is 2.97. The molecule has 0 saturated carbocycles. The number of para-hydroxylation sites is 1. The van der Waals surface area contributed by atoms with E-state index in [1.54, 1.807) is 6.26 Å². The molecule has 4 aromatic rings. The van der Waals surface area contributed by atoms with Crippen molar-refractivity contribution in [3.63, 3.8) is 0 Å². The summed E-state index contributed by atoms with van der Waals surface area (Å²) in [6.45, 7) is 2.44. The Hall–Kier alpha value is -3.27. The van der Waals surface area contributed by atoms with Crippen LogP contribution in [0, 0.1) is 0 Å². The Bertz CT molecular complexity index is 1010. The molecule has 0 spiro atoms. The van der Waals surface area contributed by atoms with E-state index in [4.69, 9.17) is 13.9 Å². The molecule has 2 aromatic heterocycles. The first kappa shape index (κ1) is 17.2. The summed E-state index contributed by atoms with van der Waals surface area (Å²) in [5.74, 6) is 2.45. The lowest BCUT2D eigenvalue weighted by molar-refractivity contribution is 0.211. The van der Waals surface area contributed by atoms with E-state index >= 15 is 0 Å². The van der Waals surface area contributed by atoms with Crippen molar-refractivity contribution in [2.45, 2.75) is 26.1 Å². The van der Waals surface area contributed by atoms with Gasteiger partial charge in [0.1, 0.15) is 30.0 Å². The van der Waals surface area contributed by atoms with Gasteiger partial charge in [-0.15, -0.1) is 0 Å². The SMILES string of the molecule is CC(Cc1ccco1)Oc1cccc(OCc2ccc3ccccc3n2)c1. The molecule has 27 heavy (non-hydrogen) atoms. The highest BCUT2D eigenvalue weighted by atomic mass is 16.5. The molecular weight excluding hydrogens is 338 g/mol. The van der Waals surface area contributed by atoms with Crippen molar-refractivity contribution in [2.24, 2.45) is 0 Å². The molecule has 0 N–H and O–H groups in total. The van der Waals surface area contributed by atoms with Gasteiger partial charge in [0.05, 0.1) is 17.5 Å². The predicted molar refractivity (Wildman–Crippen MR) is 105 cm³/mol. The summed E-state index contributed by atoms with van der Waals surface area (Å²) in [6.07, 6.45) is 2.41. The van der Waals surface area contributed by atoms with Crippen LogP contribution in [0.5, 0.6) is 11.5 Å². The van der Waals surface area contributed by atoms with Gasteiger partial charge in [0.2, 0.25) is 0 Å². The van der Waals surface area contributed by atoms with Crippen LogP contribution in [0.1, 0.15) is 18.4 Å². The Kier molecular flexibility index (Phi) is 5.06. The van der Waals surface area contributed by atoms with Gasteiger partial charge in [-0.1, -0.05) is 30.3 Å². The van der Waals surface area contributed by atoms with E-state index in [-0.39, 0.29) is 6.10 Å². The van der Waals surface area contributed by atoms with Crippen molar-refractivity contribution in [1.29, 1.82) is 0 Å². The Balaban J connectivity index is 1.38. The number of pyridine rings is 1. The Morgan fingerprint density at radius 2 is 1.81 bits per heavy atom. The Morgan fingerprint density at radius 3 is 2.70 bits per heavy atom. The van der Waals surface area contributed by atoms with E-state index in [9.17, 15) is 0 Å². The van der Waals surface area contributed by atoms with Crippen LogP contribution < -0.4 is 9.47 Å². The lowest BCUT2D eigenvalue weighted by atomic mass is 10.2. The van der Waals surface area contributed by atoms with Crippen molar-refractivity contribution in [1.82, 2.24) is 4.98 Å². The number of furan rings is 1. The first-order chi connectivity index (χ1) is 13.3. The van der Waals surface area contributed by atoms with Crippen LogP contribution in [-0.4, -0.2) is 11.1 Å². The van der Waals surface area contributed by atoms with E-state index < -0.39 is 0 Å². The summed E-state index contributed by atoms with van der Waals surface area (Å²) in [5, 5.41) is 1.13. The molecular formula is C23H21NO3. The third kappa shape index (κ3) is 4.47. The number of hydrogen-bond acceptors (Lipinski definition) is 4. The van der Waals surface area contributed by atoms with Crippen LogP contribution in [0.4, 0.5) is 0 Å². The average molecular weight is 359 g/mol. The van der Waals surface area contributed by atoms with Gasteiger partial charge in [0.15, 0.2) is 0 Å². The molecule has 4 rings (SSSR count). The van der Waals surface area contributed by atoms with Crippen LogP contribution >= 0.6 is 0 Å². The van der Waals surface area contributed by atoms with Crippen molar-refractivity contribution in [3.05, 3.63) is 90.5 Å². The minimum atomic E-state index is 0.00792. The molecule has 0 saturated heterocycles. The number of fused-ring (bicyclic) bond motifs is 1. The third-order valence-electron chi connectivity index (χ3n) is 4.25. The molecule has 0 aliphatic heterocycles. The quantitative estimate of drug-likeness (QED) is 0.442. The second-order valence-electron chi connectivity index (χ2n) is 6.47. The fraction of sp³-hybridized carbons (Fsp3) is 0.174. The summed E-state index contributed by atoms with van der Waals surface area (Å²) in [7, 11) is 0. The average Bonchev–Trinajstić information content (AvgIpc) is 3.19. The monoisotopic (exact) mass is 359 g/mol. The maximum Gasteiger partial charge on any atom is 0.130 e. The topological polar surface area (TPSA) is 44.5 Å². The van der Waals surface area contributed by atoms with Crippen LogP contribution in [0.15, 0.2) is 83.5 Å². The summed E-state index contributed by atoms with van der Waals surface area (Å²) in [6, 6.07) is 23.6. The molecule has 4 heteroatoms. The fourth-order valence-electron chi connectivity index (χ4n) is 2.97. The second-order valence-corrected chi connectivity index (χ2v) is 6.47. The van der Waals surface area contributed by atoms with Crippen molar-refractivity contribution < 1.29 is 13.9 Å². The summed E-state index contributed by atoms with van der Waals surface area (Å²) >= 11 is 0. The Labute approximate surface area is 158 Å². The molecule has 136 valence electrons. The number of rotatable bonds is 7. The zero-order valence-electron chi connectivity index (χ0n) is 15.2. The highest BCUT2D eigenvalue weighted by Crippen LogP contribution is 2.22. The van der Waals surface area contributed by atoms with E-state index in [0.717, 1.165) is 40.3 Å². The molecule has 0 amide bonds. The summed E-state index contributed by atoms with van der Waals surface area (Å²) in [4.78, 5) is 4.64. The third-order valence-corrected chi connectivity index (χ3v) is 4.25. The highest BCUT2D eigenvalue weighted by Gasteiger charge is 2.08. The molecule has 1 unspecified atom stereocenters. The Morgan fingerprint density at radius 1 is 0.926 bits per heavy atom. The van der Waals surface area contributed by atoms with Gasteiger partial charge in [0.25, 0.3) is 0 Å². The minimum absolute atomic E-state index is 0.00792. The lowest BCUT2D eigenvalue weighted by Gasteiger charge is -2.14. The van der Waals surface area contributed by atoms with Gasteiger partial charge >= 0.3 is 0 Å². The number of hydrogen-bond donors (Lipinski definition) is 0. The van der Waals surface area contributed by atoms with Gasteiger partial charge < -0.3 is 13.9 Å². The number of benzene rings is 2. The van der Waals surface area contributed by atoms with Gasteiger partial charge in [-0.25, -0.2) is 4.98 Å². The van der Waals surface area contributed by atoms with Crippen molar-refractivity contribution >= 4 is 10.9 Å². The molecule has 0 radical (unpaired) electrons. The number of nitrogens with zero attached hydrogens (tertiary/aromatic N) is 1. The predicted octanol–water partition coefficient (Wildman–Crippen LogP) is 5.42. The number of ether oxygens (including phenoxy) is 2. The molecule has 4 nitrogen and oxygen atoms in total. The molecule has 0 aliphatic rings. The largest absolute Gasteiger partial charge is 0.490 e. The van der Waals surface area contributed by atoms with Gasteiger partial charge in [-0.2, -0.15) is 0 Å². The molecule has 1 atom stereocenters. The molecule has 0 bridgehead atoms. The van der Waals surface area contributed by atoms with E-state index in [2.05, 4.69) is 17.1 Å². The standard InChI is InChI=1S/C23H21NO3/c1-17(14-20-9-5-13-25-20)27-22-8-4-7-21(15-22)26-16-19-12-11-18-6-2-3-10-23(18)24-19/h2-13,15,17H,14,16H2,1H3. The van der Waals surface area contributed by atoms with Gasteiger partial charge in [-0.3, -0.25) is 0 Å². The zero-order valence-corrected chi connectivity index (χ0v) is 15.2. The van der Waals surface area contributed by atoms with Gasteiger partial charge in [0, 0.05) is 17.9 Å². The van der Waals surface area contributed by atoms with Crippen LogP contribution in [-0.2, 0) is 13.0 Å². The van der Waals surface area contributed by atoms with Crippen LogP contribution in [0.2, 0.25) is 0 Å². The minimum Gasteiger partial charge on any atom is -0.490 e. The van der Waals surface area contributed by atoms with Crippen LogP contribution in [0.25, 0.3) is 10.9 Å². The highest BCUT2D eigenvalue weighted by molar-refractivity contribution is 5.78. The van der Waals surface area contributed by atoms with E-state index in [1.165, 1.54) is 0 Å². The first-order valence-electron chi connectivity index (χ1n) is 9.03. The molecule has 2 heterocycles. The van der Waals surface area contributed by atoms with E-state index in [1.807, 2.05) is 67.6 Å². The maximum absolute atomic E-state index is 5.98. The van der Waals surface area contributed by atoms with Crippen LogP contribution in [0.3, 0.4) is 0 Å². The van der Waals surface area contributed by atoms with E-state index in [0.29, 0.717) is 6.61 Å². The smallest absolute Gasteiger partial charge is 0.130 e. The number of aromatic nitrogens is 1. The summed E-state index contributed by atoms with van der Waals surface area (Å²) < 4.78 is 17.3. The van der Waals surface area contributed by atoms with Gasteiger partial charge in [-0.05, 0) is 43.3 Å². The second kappa shape index (κ2) is 7.96. The lowest BCUT2D eigenvalue weighted by Crippen LogP contribution is -2.14.